The van der Waals surface area contributed by atoms with Gasteiger partial charge in [-0.2, -0.15) is 11.3 Å². The Bertz CT molecular complexity index is 610. The standard InChI is InChI=1S/C12H10N2O4S/c15-10-3-1-2-9(14(17)18)12(10)13-11(16)6-8-4-5-19-7-8/h1-5,7,15H,6H2,(H,13,16). The van der Waals surface area contributed by atoms with E-state index in [0.717, 1.165) is 5.56 Å². The van der Waals surface area contributed by atoms with Crippen molar-refractivity contribution in [3.63, 3.8) is 0 Å². The highest BCUT2D eigenvalue weighted by Crippen LogP contribution is 2.33. The number of amides is 1. The molecule has 0 spiro atoms. The number of carbonyl (C=O) groups is 1. The van der Waals surface area contributed by atoms with Gasteiger partial charge in [-0.25, -0.2) is 0 Å². The molecule has 0 radical (unpaired) electrons. The zero-order chi connectivity index (χ0) is 13.8. The van der Waals surface area contributed by atoms with Gasteiger partial charge < -0.3 is 10.4 Å². The van der Waals surface area contributed by atoms with Gasteiger partial charge in [-0.05, 0) is 28.5 Å². The first-order valence-electron chi connectivity index (χ1n) is 5.35. The lowest BCUT2D eigenvalue weighted by Crippen LogP contribution is -2.15. The largest absolute Gasteiger partial charge is 0.505 e. The molecule has 1 aromatic heterocycles. The molecule has 2 aromatic rings. The highest BCUT2D eigenvalue weighted by Gasteiger charge is 2.19. The quantitative estimate of drug-likeness (QED) is 0.510. The number of phenols is 1. The number of anilines is 1. The summed E-state index contributed by atoms with van der Waals surface area (Å²) < 4.78 is 0. The Labute approximate surface area is 112 Å². The summed E-state index contributed by atoms with van der Waals surface area (Å²) in [5.74, 6) is -0.740. The smallest absolute Gasteiger partial charge is 0.296 e. The molecule has 0 atom stereocenters. The third-order valence-corrected chi connectivity index (χ3v) is 3.16. The predicted octanol–water partition coefficient (Wildman–Crippen LogP) is 2.54. The molecule has 0 aliphatic carbocycles. The van der Waals surface area contributed by atoms with Crippen molar-refractivity contribution in [2.45, 2.75) is 6.42 Å². The van der Waals surface area contributed by atoms with E-state index in [1.807, 2.05) is 10.8 Å². The molecule has 0 aliphatic rings. The number of benzene rings is 1. The van der Waals surface area contributed by atoms with Crippen molar-refractivity contribution in [2.75, 3.05) is 5.32 Å². The number of phenolic OH excluding ortho intramolecular Hbond substituents is 1. The average molecular weight is 278 g/mol. The lowest BCUT2D eigenvalue weighted by atomic mass is 10.2. The van der Waals surface area contributed by atoms with E-state index in [9.17, 15) is 20.0 Å². The van der Waals surface area contributed by atoms with Crippen molar-refractivity contribution >= 4 is 28.6 Å². The Morgan fingerprint density at radius 3 is 2.84 bits per heavy atom. The van der Waals surface area contributed by atoms with Crippen LogP contribution < -0.4 is 5.32 Å². The van der Waals surface area contributed by atoms with E-state index in [2.05, 4.69) is 5.32 Å². The number of nitro groups is 1. The highest BCUT2D eigenvalue weighted by molar-refractivity contribution is 7.08. The van der Waals surface area contributed by atoms with E-state index in [1.165, 1.54) is 29.5 Å². The van der Waals surface area contributed by atoms with Crippen LogP contribution in [0.25, 0.3) is 0 Å². The summed E-state index contributed by atoms with van der Waals surface area (Å²) in [6.45, 7) is 0. The number of hydrogen-bond donors (Lipinski definition) is 2. The third kappa shape index (κ3) is 3.08. The number of nitro benzene ring substituents is 1. The molecule has 1 aromatic carbocycles. The monoisotopic (exact) mass is 278 g/mol. The van der Waals surface area contributed by atoms with Gasteiger partial charge in [0.1, 0.15) is 5.75 Å². The van der Waals surface area contributed by atoms with E-state index < -0.39 is 10.8 Å². The van der Waals surface area contributed by atoms with Crippen molar-refractivity contribution < 1.29 is 14.8 Å². The van der Waals surface area contributed by atoms with Crippen molar-refractivity contribution in [2.24, 2.45) is 0 Å². The first-order chi connectivity index (χ1) is 9.08. The second-order valence-corrected chi connectivity index (χ2v) is 4.56. The van der Waals surface area contributed by atoms with E-state index in [0.29, 0.717) is 0 Å². The summed E-state index contributed by atoms with van der Waals surface area (Å²) in [4.78, 5) is 21.9. The number of carbonyl (C=O) groups excluding carboxylic acids is 1. The highest BCUT2D eigenvalue weighted by atomic mass is 32.1. The van der Waals surface area contributed by atoms with Crippen LogP contribution in [0.15, 0.2) is 35.0 Å². The summed E-state index contributed by atoms with van der Waals surface area (Å²) >= 11 is 1.46. The van der Waals surface area contributed by atoms with Crippen LogP contribution >= 0.6 is 11.3 Å². The molecule has 0 aliphatic heterocycles. The molecule has 2 rings (SSSR count). The Hall–Kier alpha value is -2.41. The minimum absolute atomic E-state index is 0.106. The number of aromatic hydroxyl groups is 1. The number of nitrogens with zero attached hydrogens (tertiary/aromatic N) is 1. The topological polar surface area (TPSA) is 92.5 Å². The van der Waals surface area contributed by atoms with Gasteiger partial charge in [-0.1, -0.05) is 6.07 Å². The van der Waals surface area contributed by atoms with Crippen LogP contribution in [0.3, 0.4) is 0 Å². The fraction of sp³-hybridized carbons (Fsp3) is 0.0833. The third-order valence-electron chi connectivity index (χ3n) is 2.43. The summed E-state index contributed by atoms with van der Waals surface area (Å²) in [6.07, 6.45) is 0.106. The van der Waals surface area contributed by atoms with Gasteiger partial charge in [0.25, 0.3) is 5.69 Å². The molecular formula is C12H10N2O4S. The molecule has 0 saturated carbocycles. The van der Waals surface area contributed by atoms with Gasteiger partial charge in [-0.3, -0.25) is 14.9 Å². The molecule has 0 bridgehead atoms. The Balaban J connectivity index is 2.19. The summed E-state index contributed by atoms with van der Waals surface area (Å²) in [7, 11) is 0. The van der Waals surface area contributed by atoms with E-state index in [-0.39, 0.29) is 23.5 Å². The number of thiophene rings is 1. The van der Waals surface area contributed by atoms with Crippen LogP contribution in [-0.4, -0.2) is 15.9 Å². The maximum absolute atomic E-state index is 11.8. The maximum atomic E-state index is 11.8. The molecule has 2 N–H and O–H groups in total. The predicted molar refractivity (Wildman–Crippen MR) is 71.4 cm³/mol. The van der Waals surface area contributed by atoms with Gasteiger partial charge in [0.05, 0.1) is 11.3 Å². The fourth-order valence-corrected chi connectivity index (χ4v) is 2.24. The van der Waals surface area contributed by atoms with Gasteiger partial charge >= 0.3 is 0 Å². The molecule has 1 amide bonds. The number of rotatable bonds is 4. The lowest BCUT2D eigenvalue weighted by molar-refractivity contribution is -0.384. The van der Waals surface area contributed by atoms with Crippen LogP contribution in [-0.2, 0) is 11.2 Å². The first kappa shape index (κ1) is 13.0. The van der Waals surface area contributed by atoms with Crippen LogP contribution in [0.4, 0.5) is 11.4 Å². The Morgan fingerprint density at radius 1 is 1.42 bits per heavy atom. The van der Waals surface area contributed by atoms with Gasteiger partial charge in [0.15, 0.2) is 5.69 Å². The number of para-hydroxylation sites is 1. The molecule has 0 fully saturated rings. The molecule has 1 heterocycles. The second-order valence-electron chi connectivity index (χ2n) is 3.78. The Kier molecular flexibility index (Phi) is 3.76. The number of nitrogens with one attached hydrogen (secondary N) is 1. The average Bonchev–Trinajstić information content (AvgIpc) is 2.84. The molecular weight excluding hydrogens is 268 g/mol. The van der Waals surface area contributed by atoms with Gasteiger partial charge in [0, 0.05) is 6.07 Å². The lowest BCUT2D eigenvalue weighted by Gasteiger charge is -2.07. The zero-order valence-corrected chi connectivity index (χ0v) is 10.5. The summed E-state index contributed by atoms with van der Waals surface area (Å²) in [5.41, 5.74) is 0.312. The van der Waals surface area contributed by atoms with Crippen LogP contribution in [0.1, 0.15) is 5.56 Å². The zero-order valence-electron chi connectivity index (χ0n) is 9.70. The van der Waals surface area contributed by atoms with E-state index >= 15 is 0 Å². The minimum atomic E-state index is -0.653. The minimum Gasteiger partial charge on any atom is -0.505 e. The fourth-order valence-electron chi connectivity index (χ4n) is 1.57. The molecule has 98 valence electrons. The summed E-state index contributed by atoms with van der Waals surface area (Å²) in [6, 6.07) is 5.65. The van der Waals surface area contributed by atoms with Crippen molar-refractivity contribution in [1.29, 1.82) is 0 Å². The normalized spacial score (nSPS) is 10.1. The molecule has 6 nitrogen and oxygen atoms in total. The van der Waals surface area contributed by atoms with Crippen LogP contribution in [0.2, 0.25) is 0 Å². The maximum Gasteiger partial charge on any atom is 0.296 e. The van der Waals surface area contributed by atoms with Crippen LogP contribution in [0, 0.1) is 10.1 Å². The molecule has 0 saturated heterocycles. The molecule has 19 heavy (non-hydrogen) atoms. The van der Waals surface area contributed by atoms with Gasteiger partial charge in [-0.15, -0.1) is 0 Å². The van der Waals surface area contributed by atoms with Gasteiger partial charge in [0.2, 0.25) is 5.91 Å². The van der Waals surface area contributed by atoms with Crippen molar-refractivity contribution in [1.82, 2.24) is 0 Å². The second kappa shape index (κ2) is 5.49. The first-order valence-corrected chi connectivity index (χ1v) is 6.29. The molecule has 0 unspecified atom stereocenters. The number of hydrogen-bond acceptors (Lipinski definition) is 5. The van der Waals surface area contributed by atoms with Crippen LogP contribution in [0.5, 0.6) is 5.75 Å². The van der Waals surface area contributed by atoms with Crippen molar-refractivity contribution in [3.8, 4) is 5.75 Å². The van der Waals surface area contributed by atoms with Crippen molar-refractivity contribution in [3.05, 3.63) is 50.7 Å². The summed E-state index contributed by atoms with van der Waals surface area (Å²) in [5, 5.41) is 26.4. The Morgan fingerprint density at radius 2 is 2.21 bits per heavy atom. The van der Waals surface area contributed by atoms with E-state index in [1.54, 1.807) is 6.07 Å². The SMILES string of the molecule is O=C(Cc1ccsc1)Nc1c(O)cccc1[N+](=O)[O-]. The van der Waals surface area contributed by atoms with E-state index in [4.69, 9.17) is 0 Å². The molecule has 7 heteroatoms.